The number of methoxy groups -OCH3 is 2. The van der Waals surface area contributed by atoms with Crippen LogP contribution in [0.2, 0.25) is 5.02 Å². The van der Waals surface area contributed by atoms with Crippen LogP contribution in [-0.2, 0) is 0 Å². The van der Waals surface area contributed by atoms with Crippen molar-refractivity contribution in [3.8, 4) is 11.5 Å². The van der Waals surface area contributed by atoms with E-state index in [1.54, 1.807) is 26.4 Å². The van der Waals surface area contributed by atoms with Crippen molar-refractivity contribution in [3.63, 3.8) is 0 Å². The highest BCUT2D eigenvalue weighted by Gasteiger charge is 2.14. The molecule has 0 saturated carbocycles. The van der Waals surface area contributed by atoms with Crippen LogP contribution in [0.3, 0.4) is 0 Å². The lowest BCUT2D eigenvalue weighted by molar-refractivity contribution is 0.276. The maximum atomic E-state index is 9.64. The fraction of sp³-hybridized carbons (Fsp3) is 0.250. The molecule has 0 bridgehead atoms. The highest BCUT2D eigenvalue weighted by Crippen LogP contribution is 2.31. The molecular weight excluding hydrogens is 290 g/mol. The lowest BCUT2D eigenvalue weighted by Gasteiger charge is -2.20. The molecule has 1 atom stereocenters. The van der Waals surface area contributed by atoms with E-state index in [0.717, 1.165) is 17.0 Å². The van der Waals surface area contributed by atoms with E-state index in [4.69, 9.17) is 21.1 Å². The summed E-state index contributed by atoms with van der Waals surface area (Å²) in [6.07, 6.45) is 0. The van der Waals surface area contributed by atoms with Crippen molar-refractivity contribution in [2.45, 2.75) is 6.04 Å². The Morgan fingerprint density at radius 1 is 1.10 bits per heavy atom. The van der Waals surface area contributed by atoms with Crippen LogP contribution in [0, 0.1) is 0 Å². The molecule has 0 aromatic heterocycles. The maximum absolute atomic E-state index is 9.64. The predicted molar refractivity (Wildman–Crippen MR) is 84.4 cm³/mol. The normalized spacial score (nSPS) is 11.8. The van der Waals surface area contributed by atoms with Gasteiger partial charge in [-0.15, -0.1) is 0 Å². The van der Waals surface area contributed by atoms with Gasteiger partial charge in [0.1, 0.15) is 11.5 Å². The van der Waals surface area contributed by atoms with Gasteiger partial charge in [0, 0.05) is 0 Å². The van der Waals surface area contributed by atoms with Crippen LogP contribution < -0.4 is 14.8 Å². The molecule has 2 rings (SSSR count). The number of benzene rings is 2. The summed E-state index contributed by atoms with van der Waals surface area (Å²) in [5.41, 5.74) is 1.68. The topological polar surface area (TPSA) is 50.7 Å². The minimum atomic E-state index is -0.287. The summed E-state index contributed by atoms with van der Waals surface area (Å²) in [5, 5.41) is 13.4. The first kappa shape index (κ1) is 15.5. The van der Waals surface area contributed by atoms with Gasteiger partial charge in [-0.05, 0) is 29.8 Å². The number of halogens is 1. The number of hydrogen-bond acceptors (Lipinski definition) is 4. The average Bonchev–Trinajstić information content (AvgIpc) is 2.52. The average molecular weight is 308 g/mol. The zero-order valence-electron chi connectivity index (χ0n) is 12.0. The van der Waals surface area contributed by atoms with Crippen molar-refractivity contribution < 1.29 is 14.6 Å². The molecule has 0 aliphatic rings. The second kappa shape index (κ2) is 7.20. The van der Waals surface area contributed by atoms with E-state index < -0.39 is 0 Å². The second-order valence-electron chi connectivity index (χ2n) is 4.47. The molecule has 5 heteroatoms. The minimum absolute atomic E-state index is 0.0687. The van der Waals surface area contributed by atoms with E-state index in [2.05, 4.69) is 5.32 Å². The quantitative estimate of drug-likeness (QED) is 0.857. The highest BCUT2D eigenvalue weighted by atomic mass is 35.5. The highest BCUT2D eigenvalue weighted by molar-refractivity contribution is 6.32. The molecule has 1 unspecified atom stereocenters. The largest absolute Gasteiger partial charge is 0.495 e. The van der Waals surface area contributed by atoms with Gasteiger partial charge >= 0.3 is 0 Å². The number of aliphatic hydroxyl groups is 1. The molecule has 4 nitrogen and oxygen atoms in total. The Kier molecular flexibility index (Phi) is 5.31. The molecule has 0 saturated heterocycles. The number of anilines is 1. The van der Waals surface area contributed by atoms with E-state index in [1.165, 1.54) is 0 Å². The van der Waals surface area contributed by atoms with E-state index in [1.807, 2.05) is 30.3 Å². The molecule has 0 aliphatic heterocycles. The third-order valence-corrected chi connectivity index (χ3v) is 3.49. The molecule has 2 aromatic carbocycles. The lowest BCUT2D eigenvalue weighted by atomic mass is 10.1. The minimum Gasteiger partial charge on any atom is -0.495 e. The SMILES string of the molecule is COc1ccc(C(CO)Nc2ccccc2OC)cc1Cl. The van der Waals surface area contributed by atoms with Gasteiger partial charge in [-0.1, -0.05) is 29.8 Å². The standard InChI is InChI=1S/C16H18ClNO3/c1-20-15-8-7-11(9-12(15)17)14(10-19)18-13-5-3-4-6-16(13)21-2/h3-9,14,18-19H,10H2,1-2H3. The van der Waals surface area contributed by atoms with Crippen LogP contribution in [0.25, 0.3) is 0 Å². The molecule has 112 valence electrons. The van der Waals surface area contributed by atoms with Crippen LogP contribution in [-0.4, -0.2) is 25.9 Å². The van der Waals surface area contributed by atoms with E-state index in [0.29, 0.717) is 10.8 Å². The first-order chi connectivity index (χ1) is 10.2. The number of ether oxygens (including phenoxy) is 2. The van der Waals surface area contributed by atoms with Crippen molar-refractivity contribution in [1.82, 2.24) is 0 Å². The second-order valence-corrected chi connectivity index (χ2v) is 4.88. The Hall–Kier alpha value is -1.91. The Labute approximate surface area is 129 Å². The van der Waals surface area contributed by atoms with Crippen LogP contribution in [0.1, 0.15) is 11.6 Å². The number of aliphatic hydroxyl groups excluding tert-OH is 1. The zero-order valence-corrected chi connectivity index (χ0v) is 12.7. The number of rotatable bonds is 6. The summed E-state index contributed by atoms with van der Waals surface area (Å²) in [4.78, 5) is 0. The summed E-state index contributed by atoms with van der Waals surface area (Å²) in [7, 11) is 3.18. The van der Waals surface area contributed by atoms with Crippen LogP contribution in [0.15, 0.2) is 42.5 Å². The van der Waals surface area contributed by atoms with E-state index >= 15 is 0 Å². The van der Waals surface area contributed by atoms with Crippen molar-refractivity contribution in [1.29, 1.82) is 0 Å². The Balaban J connectivity index is 2.25. The van der Waals surface area contributed by atoms with Gasteiger partial charge in [0.05, 0.1) is 37.6 Å². The third kappa shape index (κ3) is 3.60. The van der Waals surface area contributed by atoms with E-state index in [-0.39, 0.29) is 12.6 Å². The molecule has 2 aromatic rings. The number of hydrogen-bond donors (Lipinski definition) is 2. The summed E-state index contributed by atoms with van der Waals surface area (Å²) >= 11 is 6.13. The van der Waals surface area contributed by atoms with Gasteiger partial charge in [0.25, 0.3) is 0 Å². The fourth-order valence-corrected chi connectivity index (χ4v) is 2.35. The van der Waals surface area contributed by atoms with Crippen molar-refractivity contribution in [3.05, 3.63) is 53.1 Å². The summed E-state index contributed by atoms with van der Waals surface area (Å²) in [6.45, 7) is -0.0687. The first-order valence-electron chi connectivity index (χ1n) is 6.53. The van der Waals surface area contributed by atoms with Crippen molar-refractivity contribution in [2.75, 3.05) is 26.1 Å². The van der Waals surface area contributed by atoms with Crippen LogP contribution in [0.4, 0.5) is 5.69 Å². The Morgan fingerprint density at radius 3 is 2.43 bits per heavy atom. The molecule has 0 spiro atoms. The molecule has 0 aliphatic carbocycles. The lowest BCUT2D eigenvalue weighted by Crippen LogP contribution is -2.15. The zero-order chi connectivity index (χ0) is 15.2. The Bertz CT molecular complexity index is 604. The monoisotopic (exact) mass is 307 g/mol. The molecule has 0 radical (unpaired) electrons. The summed E-state index contributed by atoms with van der Waals surface area (Å²) in [6, 6.07) is 12.7. The van der Waals surface area contributed by atoms with Crippen LogP contribution >= 0.6 is 11.6 Å². The van der Waals surface area contributed by atoms with Crippen molar-refractivity contribution >= 4 is 17.3 Å². The van der Waals surface area contributed by atoms with Crippen LogP contribution in [0.5, 0.6) is 11.5 Å². The van der Waals surface area contributed by atoms with Gasteiger partial charge in [0.15, 0.2) is 0 Å². The molecule has 0 heterocycles. The van der Waals surface area contributed by atoms with Gasteiger partial charge in [-0.3, -0.25) is 0 Å². The van der Waals surface area contributed by atoms with Gasteiger partial charge in [0.2, 0.25) is 0 Å². The maximum Gasteiger partial charge on any atom is 0.141 e. The fourth-order valence-electron chi connectivity index (χ4n) is 2.09. The molecule has 21 heavy (non-hydrogen) atoms. The molecule has 2 N–H and O–H groups in total. The smallest absolute Gasteiger partial charge is 0.141 e. The summed E-state index contributed by atoms with van der Waals surface area (Å²) < 4.78 is 10.4. The van der Waals surface area contributed by atoms with Crippen molar-refractivity contribution in [2.24, 2.45) is 0 Å². The van der Waals surface area contributed by atoms with Gasteiger partial charge in [-0.25, -0.2) is 0 Å². The summed E-state index contributed by atoms with van der Waals surface area (Å²) in [5.74, 6) is 1.32. The first-order valence-corrected chi connectivity index (χ1v) is 6.91. The van der Waals surface area contributed by atoms with Gasteiger partial charge in [-0.2, -0.15) is 0 Å². The molecule has 0 fully saturated rings. The van der Waals surface area contributed by atoms with E-state index in [9.17, 15) is 5.11 Å². The molecule has 0 amide bonds. The Morgan fingerprint density at radius 2 is 1.81 bits per heavy atom. The number of nitrogens with one attached hydrogen (secondary N) is 1. The number of para-hydroxylation sites is 2. The third-order valence-electron chi connectivity index (χ3n) is 3.20. The predicted octanol–water partition coefficient (Wildman–Crippen LogP) is 3.50. The van der Waals surface area contributed by atoms with Gasteiger partial charge < -0.3 is 19.9 Å². The molecular formula is C16H18ClNO3.